The van der Waals surface area contributed by atoms with Crippen LogP contribution in [0, 0.1) is 5.92 Å². The van der Waals surface area contributed by atoms with Crippen LogP contribution in [0.4, 0.5) is 4.79 Å². The number of rotatable bonds is 7. The second kappa shape index (κ2) is 8.45. The molecule has 0 saturated carbocycles. The molecule has 1 atom stereocenters. The molecule has 138 valence electrons. The van der Waals surface area contributed by atoms with E-state index in [4.69, 9.17) is 4.74 Å². The van der Waals surface area contributed by atoms with Gasteiger partial charge in [-0.1, -0.05) is 33.6 Å². The van der Waals surface area contributed by atoms with Crippen molar-refractivity contribution in [3.8, 4) is 0 Å². The molecule has 2 rings (SSSR count). The Labute approximate surface area is 150 Å². The number of amides is 2. The number of nitrogens with zero attached hydrogens (tertiary/aromatic N) is 2. The van der Waals surface area contributed by atoms with E-state index >= 15 is 0 Å². The highest BCUT2D eigenvalue weighted by molar-refractivity contribution is 8.00. The molecule has 0 aromatic rings. The molecule has 2 amide bonds. The summed E-state index contributed by atoms with van der Waals surface area (Å²) in [4.78, 5) is 28.5. The Morgan fingerprint density at radius 1 is 1.25 bits per heavy atom. The average Bonchev–Trinajstić information content (AvgIpc) is 2.88. The second-order valence-electron chi connectivity index (χ2n) is 7.04. The molecular formula is C18H32N2O3S. The molecule has 0 bridgehead atoms. The van der Waals surface area contributed by atoms with Crippen LogP contribution in [0.25, 0.3) is 0 Å². The lowest BCUT2D eigenvalue weighted by atomic mass is 9.91. The minimum atomic E-state index is -0.374. The van der Waals surface area contributed by atoms with Crippen LogP contribution in [0.5, 0.6) is 0 Å². The summed E-state index contributed by atoms with van der Waals surface area (Å²) in [5.41, 5.74) is -0.374. The van der Waals surface area contributed by atoms with Gasteiger partial charge in [-0.25, -0.2) is 4.79 Å². The normalized spacial score (nSPS) is 21.5. The molecule has 0 aliphatic carbocycles. The van der Waals surface area contributed by atoms with Crippen LogP contribution >= 0.6 is 11.8 Å². The lowest BCUT2D eigenvalue weighted by Crippen LogP contribution is -2.50. The van der Waals surface area contributed by atoms with Gasteiger partial charge in [-0.3, -0.25) is 4.79 Å². The smallest absolute Gasteiger partial charge is 0.410 e. The van der Waals surface area contributed by atoms with Crippen LogP contribution < -0.4 is 0 Å². The van der Waals surface area contributed by atoms with Crippen molar-refractivity contribution in [2.24, 2.45) is 5.92 Å². The van der Waals surface area contributed by atoms with Crippen molar-refractivity contribution in [3.05, 3.63) is 0 Å². The first-order chi connectivity index (χ1) is 11.4. The highest BCUT2D eigenvalue weighted by Crippen LogP contribution is 2.34. The number of hydrogen-bond donors (Lipinski definition) is 0. The van der Waals surface area contributed by atoms with Crippen molar-refractivity contribution in [1.82, 2.24) is 9.80 Å². The molecule has 24 heavy (non-hydrogen) atoms. The molecule has 2 fully saturated rings. The lowest BCUT2D eigenvalue weighted by Gasteiger charge is -2.38. The summed E-state index contributed by atoms with van der Waals surface area (Å²) in [6.07, 6.45) is 3.52. The van der Waals surface area contributed by atoms with E-state index in [1.807, 2.05) is 16.7 Å². The quantitative estimate of drug-likeness (QED) is 0.702. The standard InChI is InChI=1S/C18H32N2O3S/c1-5-15(6-2)12-20-13-18(23-17(20)22)8-10-19(11-9-18)16(21)14(4)24-7-3/h14-15H,5-13H2,1-4H3/t14-/m1/s1. The molecule has 2 saturated heterocycles. The molecule has 0 aromatic carbocycles. The molecule has 2 aliphatic heterocycles. The third-order valence-electron chi connectivity index (χ3n) is 5.43. The summed E-state index contributed by atoms with van der Waals surface area (Å²) in [5, 5.41) is 0.0153. The Kier molecular flexibility index (Phi) is 6.84. The Morgan fingerprint density at radius 3 is 2.42 bits per heavy atom. The second-order valence-corrected chi connectivity index (χ2v) is 8.65. The highest BCUT2D eigenvalue weighted by atomic mass is 32.2. The number of carbonyl (C=O) groups excluding carboxylic acids is 2. The topological polar surface area (TPSA) is 49.9 Å². The fraction of sp³-hybridized carbons (Fsp3) is 0.889. The van der Waals surface area contributed by atoms with Gasteiger partial charge in [0.2, 0.25) is 5.91 Å². The lowest BCUT2D eigenvalue weighted by molar-refractivity contribution is -0.133. The molecular weight excluding hydrogens is 324 g/mol. The van der Waals surface area contributed by atoms with E-state index in [1.54, 1.807) is 11.8 Å². The molecule has 0 unspecified atom stereocenters. The molecule has 1 spiro atoms. The van der Waals surface area contributed by atoms with Crippen LogP contribution in [0.1, 0.15) is 53.4 Å². The Morgan fingerprint density at radius 2 is 1.88 bits per heavy atom. The predicted molar refractivity (Wildman–Crippen MR) is 98.3 cm³/mol. The summed E-state index contributed by atoms with van der Waals surface area (Å²) < 4.78 is 5.77. The molecule has 0 N–H and O–H groups in total. The number of ether oxygens (including phenoxy) is 1. The summed E-state index contributed by atoms with van der Waals surface area (Å²) >= 11 is 1.68. The number of thioether (sulfide) groups is 1. The van der Waals surface area contributed by atoms with Crippen LogP contribution in [0.3, 0.4) is 0 Å². The maximum Gasteiger partial charge on any atom is 0.410 e. The van der Waals surface area contributed by atoms with Crippen LogP contribution in [0.2, 0.25) is 0 Å². The zero-order valence-corrected chi connectivity index (χ0v) is 16.4. The number of piperidine rings is 1. The van der Waals surface area contributed by atoms with Gasteiger partial charge in [0.1, 0.15) is 5.60 Å². The fourth-order valence-corrected chi connectivity index (χ4v) is 4.46. The Bertz CT molecular complexity index is 446. The van der Waals surface area contributed by atoms with E-state index in [2.05, 4.69) is 20.8 Å². The Balaban J connectivity index is 1.89. The van der Waals surface area contributed by atoms with Crippen molar-refractivity contribution in [2.75, 3.05) is 31.9 Å². The fourth-order valence-electron chi connectivity index (χ4n) is 3.67. The van der Waals surface area contributed by atoms with E-state index in [0.717, 1.165) is 38.0 Å². The zero-order chi connectivity index (χ0) is 17.7. The summed E-state index contributed by atoms with van der Waals surface area (Å²) in [6.45, 7) is 11.3. The molecule has 0 aromatic heterocycles. The molecule has 6 heteroatoms. The van der Waals surface area contributed by atoms with Crippen molar-refractivity contribution < 1.29 is 14.3 Å². The van der Waals surface area contributed by atoms with Gasteiger partial charge in [0.05, 0.1) is 11.8 Å². The van der Waals surface area contributed by atoms with Crippen molar-refractivity contribution in [2.45, 2.75) is 64.2 Å². The largest absolute Gasteiger partial charge is 0.441 e. The van der Waals surface area contributed by atoms with Gasteiger partial charge in [0.25, 0.3) is 0 Å². The van der Waals surface area contributed by atoms with Crippen LogP contribution in [-0.2, 0) is 9.53 Å². The van der Waals surface area contributed by atoms with E-state index in [0.29, 0.717) is 25.6 Å². The maximum atomic E-state index is 12.4. The maximum absolute atomic E-state index is 12.4. The van der Waals surface area contributed by atoms with Crippen LogP contribution in [-0.4, -0.2) is 64.6 Å². The van der Waals surface area contributed by atoms with E-state index in [1.165, 1.54) is 0 Å². The van der Waals surface area contributed by atoms with Crippen molar-refractivity contribution in [1.29, 1.82) is 0 Å². The first-order valence-electron chi connectivity index (χ1n) is 9.33. The molecule has 2 aliphatic rings. The van der Waals surface area contributed by atoms with Gasteiger partial charge >= 0.3 is 6.09 Å². The van der Waals surface area contributed by atoms with Crippen molar-refractivity contribution >= 4 is 23.8 Å². The van der Waals surface area contributed by atoms with Crippen LogP contribution in [0.15, 0.2) is 0 Å². The SMILES string of the molecule is CCS[C@H](C)C(=O)N1CCC2(CC1)CN(CC(CC)CC)C(=O)O2. The number of likely N-dealkylation sites (tertiary alicyclic amines) is 1. The van der Waals surface area contributed by atoms with Gasteiger partial charge in [0, 0.05) is 32.5 Å². The zero-order valence-electron chi connectivity index (χ0n) is 15.5. The summed E-state index contributed by atoms with van der Waals surface area (Å²) in [5.74, 6) is 1.71. The molecule has 0 radical (unpaired) electrons. The molecule has 5 nitrogen and oxygen atoms in total. The van der Waals surface area contributed by atoms with E-state index in [9.17, 15) is 9.59 Å². The first kappa shape index (κ1) is 19.4. The third kappa shape index (κ3) is 4.38. The minimum Gasteiger partial charge on any atom is -0.441 e. The summed E-state index contributed by atoms with van der Waals surface area (Å²) in [7, 11) is 0. The van der Waals surface area contributed by atoms with Gasteiger partial charge in [-0.05, 0) is 18.6 Å². The monoisotopic (exact) mass is 356 g/mol. The van der Waals surface area contributed by atoms with Gasteiger partial charge in [0.15, 0.2) is 0 Å². The van der Waals surface area contributed by atoms with E-state index in [-0.39, 0.29) is 22.9 Å². The number of hydrogen-bond acceptors (Lipinski definition) is 4. The average molecular weight is 357 g/mol. The predicted octanol–water partition coefficient (Wildman–Crippen LogP) is 3.38. The Hall–Kier alpha value is -0.910. The number of carbonyl (C=O) groups is 2. The first-order valence-corrected chi connectivity index (χ1v) is 10.4. The third-order valence-corrected chi connectivity index (χ3v) is 6.46. The summed E-state index contributed by atoms with van der Waals surface area (Å²) in [6, 6.07) is 0. The van der Waals surface area contributed by atoms with Gasteiger partial charge in [-0.2, -0.15) is 0 Å². The minimum absolute atomic E-state index is 0.0153. The highest BCUT2D eigenvalue weighted by Gasteiger charge is 2.47. The van der Waals surface area contributed by atoms with Crippen molar-refractivity contribution in [3.63, 3.8) is 0 Å². The molecule has 2 heterocycles. The van der Waals surface area contributed by atoms with Gasteiger partial charge < -0.3 is 14.5 Å². The van der Waals surface area contributed by atoms with E-state index < -0.39 is 0 Å². The van der Waals surface area contributed by atoms with Gasteiger partial charge in [-0.15, -0.1) is 11.8 Å².